The first-order valence-electron chi connectivity index (χ1n) is 18.9. The van der Waals surface area contributed by atoms with E-state index in [2.05, 4.69) is 15.6 Å². The van der Waals surface area contributed by atoms with Crippen LogP contribution in [0.5, 0.6) is 5.75 Å². The van der Waals surface area contributed by atoms with E-state index in [1.54, 1.807) is 29.5 Å². The molecule has 1 aliphatic carbocycles. The Bertz CT molecular complexity index is 2040. The predicted molar refractivity (Wildman–Crippen MR) is 210 cm³/mol. The number of ketones is 1. The van der Waals surface area contributed by atoms with Gasteiger partial charge >= 0.3 is 6.09 Å². The molecule has 2 fully saturated rings. The molecule has 0 radical (unpaired) electrons. The number of thiazole rings is 1. The van der Waals surface area contributed by atoms with Crippen LogP contribution in [0.2, 0.25) is 0 Å². The van der Waals surface area contributed by atoms with E-state index >= 15 is 0 Å². The number of aromatic nitrogens is 1. The first kappa shape index (κ1) is 39.9. The molecule has 1 aliphatic heterocycles. The van der Waals surface area contributed by atoms with Crippen molar-refractivity contribution in [2.45, 2.75) is 117 Å². The van der Waals surface area contributed by atoms with Gasteiger partial charge in [0.15, 0.2) is 11.5 Å². The fourth-order valence-corrected chi connectivity index (χ4v) is 7.94. The van der Waals surface area contributed by atoms with Gasteiger partial charge < -0.3 is 34.5 Å². The fourth-order valence-electron chi connectivity index (χ4n) is 7.13. The number of rotatable bonds is 11. The number of amides is 3. The molecule has 4 atom stereocenters. The number of fused-ring (bicyclic) bond motifs is 1. The minimum atomic E-state index is -0.882. The molecule has 2 aromatic carbocycles. The van der Waals surface area contributed by atoms with Crippen LogP contribution >= 0.6 is 11.3 Å². The number of carbonyl (C=O) groups excluding carboxylic acids is 4. The van der Waals surface area contributed by atoms with Crippen LogP contribution in [-0.4, -0.2) is 75.1 Å². The van der Waals surface area contributed by atoms with Gasteiger partial charge in [0.05, 0.1) is 34.1 Å². The summed E-state index contributed by atoms with van der Waals surface area (Å²) in [4.78, 5) is 60.6. The second-order valence-electron chi connectivity index (χ2n) is 16.9. The molecule has 13 heteroatoms. The molecule has 0 bridgehead atoms. The zero-order valence-electron chi connectivity index (χ0n) is 32.8. The lowest BCUT2D eigenvalue weighted by molar-refractivity contribution is -0.144. The smallest absolute Gasteiger partial charge is 0.407 e. The predicted octanol–water partition coefficient (Wildman–Crippen LogP) is 7.37. The largest absolute Gasteiger partial charge is 0.490 e. The Morgan fingerprint density at radius 2 is 1.73 bits per heavy atom. The third-order valence-electron chi connectivity index (χ3n) is 10.3. The summed E-state index contributed by atoms with van der Waals surface area (Å²) in [6.07, 6.45) is -0.132. The normalized spacial score (nSPS) is 21.1. The number of β-amino-alcohol motifs (C(OH)–C–C–N with tert-alkyl or cyclic N) is 1. The number of Topliss-reactive ketones (excluding diaryl/α,β-unsaturated/α-hetero) is 1. The van der Waals surface area contributed by atoms with Crippen LogP contribution < -0.4 is 15.4 Å². The summed E-state index contributed by atoms with van der Waals surface area (Å²) in [5.41, 5.74) is 4.04. The van der Waals surface area contributed by atoms with Crippen molar-refractivity contribution in [2.75, 3.05) is 6.54 Å². The summed E-state index contributed by atoms with van der Waals surface area (Å²) >= 11 is 1.58. The topological polar surface area (TPSA) is 160 Å². The highest BCUT2D eigenvalue weighted by molar-refractivity contribution is 7.13. The molecular formula is C42H52N4O8S. The summed E-state index contributed by atoms with van der Waals surface area (Å²) in [5, 5.41) is 17.3. The van der Waals surface area contributed by atoms with Gasteiger partial charge in [-0.05, 0) is 75.4 Å². The van der Waals surface area contributed by atoms with Crippen LogP contribution in [0.3, 0.4) is 0 Å². The number of hydrogen-bond acceptors (Lipinski definition) is 10. The molecule has 294 valence electrons. The van der Waals surface area contributed by atoms with Crippen molar-refractivity contribution in [3.05, 3.63) is 71.1 Å². The Hall–Kier alpha value is -4.75. The molecule has 3 amide bonds. The number of benzene rings is 2. The Labute approximate surface area is 326 Å². The van der Waals surface area contributed by atoms with Gasteiger partial charge in [-0.1, -0.05) is 45.0 Å². The van der Waals surface area contributed by atoms with Crippen molar-refractivity contribution < 1.29 is 38.2 Å². The lowest BCUT2D eigenvalue weighted by Crippen LogP contribution is -2.50. The minimum Gasteiger partial charge on any atom is -0.490 e. The van der Waals surface area contributed by atoms with E-state index in [0.29, 0.717) is 29.6 Å². The third kappa shape index (κ3) is 9.56. The van der Waals surface area contributed by atoms with Crippen molar-refractivity contribution in [1.29, 1.82) is 0 Å². The highest BCUT2D eigenvalue weighted by Gasteiger charge is 2.45. The Morgan fingerprint density at radius 1 is 1.02 bits per heavy atom. The summed E-state index contributed by atoms with van der Waals surface area (Å²) in [6.45, 7) is 15.0. The second kappa shape index (κ2) is 15.8. The van der Waals surface area contributed by atoms with Gasteiger partial charge in [-0.2, -0.15) is 0 Å². The van der Waals surface area contributed by atoms with E-state index in [1.807, 2.05) is 91.2 Å². The molecule has 2 aromatic heterocycles. The molecule has 55 heavy (non-hydrogen) atoms. The van der Waals surface area contributed by atoms with Crippen LogP contribution in [-0.2, 0) is 14.3 Å². The minimum absolute atomic E-state index is 0.00118. The third-order valence-corrected chi connectivity index (χ3v) is 11.2. The highest BCUT2D eigenvalue weighted by atomic mass is 32.1. The summed E-state index contributed by atoms with van der Waals surface area (Å²) in [5.74, 6) is -1.10. The van der Waals surface area contributed by atoms with Gasteiger partial charge in [-0.25, -0.2) is 9.78 Å². The van der Waals surface area contributed by atoms with E-state index in [0.717, 1.165) is 21.7 Å². The number of nitrogens with one attached hydrogen (secondary N) is 2. The first-order chi connectivity index (χ1) is 25.8. The SMILES string of the molecule is Cc1ncsc1-c1ccc([C@H](C)NC(=O)[C@@H]2C[C@@H](O)CN2C(=O)[C@@H](CC(=O)c2cc3cc(OC4CC(NC(=O)OC(C)(C)C)C4)ccc3o2)C(C)(C)C)cc1. The summed E-state index contributed by atoms with van der Waals surface area (Å²) in [7, 11) is 0. The average molecular weight is 773 g/mol. The molecule has 0 spiro atoms. The van der Waals surface area contributed by atoms with Crippen molar-refractivity contribution >= 4 is 46.0 Å². The van der Waals surface area contributed by atoms with E-state index in [4.69, 9.17) is 13.9 Å². The maximum atomic E-state index is 14.3. The number of aliphatic hydroxyl groups excluding tert-OH is 1. The lowest BCUT2D eigenvalue weighted by atomic mass is 9.76. The average Bonchev–Trinajstić information content (AvgIpc) is 3.82. The van der Waals surface area contributed by atoms with E-state index < -0.39 is 35.2 Å². The molecule has 0 unspecified atom stereocenters. The quantitative estimate of drug-likeness (QED) is 0.132. The van der Waals surface area contributed by atoms with Crippen molar-refractivity contribution in [2.24, 2.45) is 11.3 Å². The number of aliphatic hydroxyl groups is 1. The second-order valence-corrected chi connectivity index (χ2v) is 17.8. The van der Waals surface area contributed by atoms with Gasteiger partial charge in [0.25, 0.3) is 0 Å². The highest BCUT2D eigenvalue weighted by Crippen LogP contribution is 2.36. The Balaban J connectivity index is 1.07. The van der Waals surface area contributed by atoms with E-state index in [-0.39, 0.29) is 60.9 Å². The summed E-state index contributed by atoms with van der Waals surface area (Å²) < 4.78 is 17.4. The van der Waals surface area contributed by atoms with Crippen LogP contribution in [0.4, 0.5) is 4.79 Å². The number of carbonyl (C=O) groups is 4. The Morgan fingerprint density at radius 3 is 2.36 bits per heavy atom. The number of likely N-dealkylation sites (tertiary alicyclic amines) is 1. The molecule has 3 N–H and O–H groups in total. The van der Waals surface area contributed by atoms with Gasteiger partial charge in [0.1, 0.15) is 29.1 Å². The molecule has 3 heterocycles. The van der Waals surface area contributed by atoms with Gasteiger partial charge in [0, 0.05) is 43.7 Å². The van der Waals surface area contributed by atoms with E-state index in [1.165, 1.54) is 4.90 Å². The number of alkyl carbamates (subject to hydrolysis) is 1. The van der Waals surface area contributed by atoms with Crippen LogP contribution in [0, 0.1) is 18.3 Å². The molecule has 12 nitrogen and oxygen atoms in total. The molecule has 1 saturated heterocycles. The maximum Gasteiger partial charge on any atom is 0.407 e. The number of nitrogens with zero attached hydrogens (tertiary/aromatic N) is 2. The van der Waals surface area contributed by atoms with Crippen molar-refractivity contribution in [3.63, 3.8) is 0 Å². The zero-order chi connectivity index (χ0) is 39.8. The van der Waals surface area contributed by atoms with Crippen molar-refractivity contribution in [3.8, 4) is 16.2 Å². The monoisotopic (exact) mass is 772 g/mol. The van der Waals surface area contributed by atoms with Gasteiger partial charge in [0.2, 0.25) is 11.8 Å². The molecule has 4 aromatic rings. The Kier molecular flexibility index (Phi) is 11.5. The molecule has 6 rings (SSSR count). The molecule has 2 aliphatic rings. The van der Waals surface area contributed by atoms with Crippen LogP contribution in [0.1, 0.15) is 102 Å². The lowest BCUT2D eigenvalue weighted by Gasteiger charge is -2.36. The number of aryl methyl sites for hydroxylation is 1. The van der Waals surface area contributed by atoms with E-state index in [9.17, 15) is 24.3 Å². The van der Waals surface area contributed by atoms with Gasteiger partial charge in [-0.3, -0.25) is 14.4 Å². The number of ether oxygens (including phenoxy) is 2. The number of furan rings is 1. The first-order valence-corrected chi connectivity index (χ1v) is 19.7. The van der Waals surface area contributed by atoms with Gasteiger partial charge in [-0.15, -0.1) is 11.3 Å². The summed E-state index contributed by atoms with van der Waals surface area (Å²) in [6, 6.07) is 13.7. The van der Waals surface area contributed by atoms with Crippen LogP contribution in [0.15, 0.2) is 58.5 Å². The molecular weight excluding hydrogens is 721 g/mol. The maximum absolute atomic E-state index is 14.3. The number of hydrogen-bond donors (Lipinski definition) is 3. The standard InChI is InChI=1S/C42H52N4O8S/c1-23(25-9-11-26(12-10-25)37-24(2)43-22-55-37)44-38(49)33-19-29(47)21-46(33)39(50)32(41(3,4)5)20-34(48)36-16-27-15-30(13-14-35(27)53-36)52-31-17-28(18-31)45-40(51)54-42(6,7)8/h9-16,22-23,28-29,31-33,47H,17-21H2,1-8H3,(H,44,49)(H,45,51)/t23-,28?,29+,31?,32+,33-/m0/s1. The van der Waals surface area contributed by atoms with Crippen LogP contribution in [0.25, 0.3) is 21.4 Å². The zero-order valence-corrected chi connectivity index (χ0v) is 33.6. The molecule has 1 saturated carbocycles. The fraction of sp³-hybridized carbons (Fsp3) is 0.500. The van der Waals surface area contributed by atoms with Crippen molar-refractivity contribution in [1.82, 2.24) is 20.5 Å².